The second kappa shape index (κ2) is 48.4. The smallest absolute Gasteiger partial charge is 0.220 e. The first kappa shape index (κ1) is 70.8. The lowest BCUT2D eigenvalue weighted by Gasteiger charge is -2.46. The molecule has 0 radical (unpaired) electrons. The molecule has 0 aromatic carbocycles. The van der Waals surface area contributed by atoms with E-state index in [0.29, 0.717) is 6.42 Å². The van der Waals surface area contributed by atoms with Gasteiger partial charge in [0.05, 0.1) is 32.0 Å². The van der Waals surface area contributed by atoms with Crippen molar-refractivity contribution in [3.05, 3.63) is 12.2 Å². The Morgan fingerprint density at radius 3 is 1.21 bits per heavy atom. The molecule has 76 heavy (non-hydrogen) atoms. The Kier molecular flexibility index (Phi) is 45.1. The van der Waals surface area contributed by atoms with Gasteiger partial charge < -0.3 is 65.1 Å². The maximum absolute atomic E-state index is 13.2. The predicted molar refractivity (Wildman–Crippen MR) is 305 cm³/mol. The summed E-state index contributed by atoms with van der Waals surface area (Å²) in [6.07, 6.45) is 39.9. The quantitative estimate of drug-likeness (QED) is 0.0204. The minimum absolute atomic E-state index is 0.236. The molecule has 0 aliphatic carbocycles. The highest BCUT2D eigenvalue weighted by Gasteiger charge is 2.51. The summed E-state index contributed by atoms with van der Waals surface area (Å²) in [6, 6.07) is -0.909. The molecule has 12 unspecified atom stereocenters. The number of allylic oxidation sites excluding steroid dienone is 1. The molecule has 0 bridgehead atoms. The monoisotopic (exact) mass is 1090 g/mol. The third kappa shape index (κ3) is 33.5. The van der Waals surface area contributed by atoms with Gasteiger partial charge in [-0.25, -0.2) is 0 Å². The Balaban J connectivity index is 1.66. The Bertz CT molecular complexity index is 1330. The number of rotatable bonds is 52. The van der Waals surface area contributed by atoms with Crippen LogP contribution in [0.25, 0.3) is 0 Å². The molecule has 0 saturated carbocycles. The molecule has 12 atom stereocenters. The highest BCUT2D eigenvalue weighted by atomic mass is 16.7. The molecule has 9 N–H and O–H groups in total. The third-order valence-electron chi connectivity index (χ3n) is 16.0. The summed E-state index contributed by atoms with van der Waals surface area (Å²) in [5.41, 5.74) is 0. The van der Waals surface area contributed by atoms with Crippen LogP contribution in [0.2, 0.25) is 0 Å². The maximum Gasteiger partial charge on any atom is 0.220 e. The van der Waals surface area contributed by atoms with Gasteiger partial charge in [-0.1, -0.05) is 270 Å². The van der Waals surface area contributed by atoms with Crippen LogP contribution in [0.15, 0.2) is 12.2 Å². The minimum atomic E-state index is -1.79. The molecule has 14 nitrogen and oxygen atoms in total. The Morgan fingerprint density at radius 1 is 0.461 bits per heavy atom. The van der Waals surface area contributed by atoms with Crippen LogP contribution in [0.5, 0.6) is 0 Å². The fraction of sp³-hybridized carbons (Fsp3) is 0.952. The number of aliphatic hydroxyl groups is 8. The Hall–Kier alpha value is -1.27. The van der Waals surface area contributed by atoms with E-state index in [1.807, 2.05) is 6.08 Å². The van der Waals surface area contributed by atoms with Crippen molar-refractivity contribution >= 4 is 5.91 Å². The first-order chi connectivity index (χ1) is 37.1. The van der Waals surface area contributed by atoms with E-state index in [9.17, 15) is 45.6 Å². The lowest BCUT2D eigenvalue weighted by molar-refractivity contribution is -0.359. The van der Waals surface area contributed by atoms with Crippen LogP contribution < -0.4 is 5.32 Å². The van der Waals surface area contributed by atoms with Crippen molar-refractivity contribution in [2.45, 2.75) is 357 Å². The zero-order chi connectivity index (χ0) is 55.3. The maximum atomic E-state index is 13.2. The van der Waals surface area contributed by atoms with Crippen LogP contribution in [0, 0.1) is 0 Å². The zero-order valence-electron chi connectivity index (χ0n) is 48.5. The minimum Gasteiger partial charge on any atom is -0.394 e. The number of unbranched alkanes of at least 4 members (excludes halogenated alkanes) is 39. The molecule has 0 spiro atoms. The van der Waals surface area contributed by atoms with Gasteiger partial charge in [-0.05, 0) is 19.3 Å². The van der Waals surface area contributed by atoms with Crippen molar-refractivity contribution in [3.63, 3.8) is 0 Å². The highest BCUT2D eigenvalue weighted by Crippen LogP contribution is 2.30. The van der Waals surface area contributed by atoms with Gasteiger partial charge in [0.25, 0.3) is 0 Å². The highest BCUT2D eigenvalue weighted by molar-refractivity contribution is 5.76. The van der Waals surface area contributed by atoms with E-state index in [-0.39, 0.29) is 18.9 Å². The van der Waals surface area contributed by atoms with Crippen LogP contribution in [-0.2, 0) is 23.7 Å². The van der Waals surface area contributed by atoms with Crippen molar-refractivity contribution in [2.24, 2.45) is 0 Å². The van der Waals surface area contributed by atoms with Gasteiger partial charge in [0, 0.05) is 6.42 Å². The normalized spacial score (nSPS) is 24.9. The summed E-state index contributed by atoms with van der Waals surface area (Å²) >= 11 is 0. The van der Waals surface area contributed by atoms with Gasteiger partial charge in [-0.2, -0.15) is 0 Å². The van der Waals surface area contributed by atoms with Crippen LogP contribution in [0.1, 0.15) is 284 Å². The van der Waals surface area contributed by atoms with E-state index in [4.69, 9.17) is 18.9 Å². The van der Waals surface area contributed by atoms with Crippen molar-refractivity contribution < 1.29 is 64.6 Å². The van der Waals surface area contributed by atoms with Gasteiger partial charge in [-0.3, -0.25) is 4.79 Å². The molecular weight excluding hydrogens is 967 g/mol. The average molecular weight is 1090 g/mol. The number of nitrogens with one attached hydrogen (secondary N) is 1. The van der Waals surface area contributed by atoms with Gasteiger partial charge in [0.15, 0.2) is 12.6 Å². The number of hydrogen-bond donors (Lipinski definition) is 9. The number of carbonyl (C=O) groups excluding carboxylic acids is 1. The van der Waals surface area contributed by atoms with Crippen molar-refractivity contribution in [2.75, 3.05) is 19.8 Å². The molecular formula is C62H119NO13. The second-order valence-electron chi connectivity index (χ2n) is 22.9. The summed E-state index contributed by atoms with van der Waals surface area (Å²) in [4.78, 5) is 13.2. The summed E-state index contributed by atoms with van der Waals surface area (Å²) in [5.74, 6) is -0.236. The molecule has 450 valence electrons. The SMILES string of the molecule is CCCCCCCCCCCCCCCCCCCCCCCCCCCCCC/C=C/C(O)C(COC1OC(CO)C(OC2OC(CO)C(O)C(O)C2O)C(O)C1O)NC(=O)CCCCCCCCCCCCCC. The molecule has 2 saturated heterocycles. The van der Waals surface area contributed by atoms with Gasteiger partial charge in [-0.15, -0.1) is 0 Å². The third-order valence-corrected chi connectivity index (χ3v) is 16.0. The largest absolute Gasteiger partial charge is 0.394 e. The fourth-order valence-electron chi connectivity index (χ4n) is 10.8. The number of hydrogen-bond acceptors (Lipinski definition) is 13. The molecule has 0 aromatic heterocycles. The summed E-state index contributed by atoms with van der Waals surface area (Å²) < 4.78 is 22.8. The lowest BCUT2D eigenvalue weighted by atomic mass is 9.97. The topological polar surface area (TPSA) is 228 Å². The number of aliphatic hydroxyl groups excluding tert-OH is 8. The second-order valence-corrected chi connectivity index (χ2v) is 22.9. The van der Waals surface area contributed by atoms with E-state index in [1.54, 1.807) is 6.08 Å². The Labute approximate surface area is 463 Å². The summed E-state index contributed by atoms with van der Waals surface area (Å²) in [5, 5.41) is 87.1. The van der Waals surface area contributed by atoms with Crippen molar-refractivity contribution in [3.8, 4) is 0 Å². The standard InChI is InChI=1S/C62H119NO13/c1-3-5-7-9-11-13-15-17-18-19-20-21-22-23-24-25-26-27-28-29-30-31-32-33-34-35-37-39-41-43-45-51(66)50(63-54(67)46-44-42-40-38-36-16-14-12-10-8-6-4-2)49-73-61-59(72)57(70)60(53(48-65)75-61)76-62-58(71)56(69)55(68)52(47-64)74-62/h43,45,50-53,55-62,64-66,68-72H,3-42,44,46-49H2,1-2H3,(H,63,67)/b45-43+. The van der Waals surface area contributed by atoms with Crippen LogP contribution in [0.4, 0.5) is 0 Å². The van der Waals surface area contributed by atoms with Crippen molar-refractivity contribution in [1.29, 1.82) is 0 Å². The summed E-state index contributed by atoms with van der Waals surface area (Å²) in [6.45, 7) is 2.82. The first-order valence-electron chi connectivity index (χ1n) is 31.9. The van der Waals surface area contributed by atoms with E-state index in [0.717, 1.165) is 38.5 Å². The van der Waals surface area contributed by atoms with Gasteiger partial charge in [0.1, 0.15) is 48.8 Å². The molecule has 2 heterocycles. The predicted octanol–water partition coefficient (Wildman–Crippen LogP) is 11.5. The number of carbonyl (C=O) groups is 1. The molecule has 2 aliphatic rings. The lowest BCUT2D eigenvalue weighted by Crippen LogP contribution is -2.65. The number of ether oxygens (including phenoxy) is 4. The van der Waals surface area contributed by atoms with E-state index < -0.39 is 86.8 Å². The molecule has 1 amide bonds. The molecule has 14 heteroatoms. The molecule has 2 rings (SSSR count). The van der Waals surface area contributed by atoms with Gasteiger partial charge >= 0.3 is 0 Å². The average Bonchev–Trinajstić information content (AvgIpc) is 3.42. The van der Waals surface area contributed by atoms with Crippen LogP contribution in [-0.4, -0.2) is 140 Å². The summed E-state index contributed by atoms with van der Waals surface area (Å²) in [7, 11) is 0. The fourth-order valence-corrected chi connectivity index (χ4v) is 10.8. The van der Waals surface area contributed by atoms with Crippen molar-refractivity contribution in [1.82, 2.24) is 5.32 Å². The van der Waals surface area contributed by atoms with E-state index in [2.05, 4.69) is 19.2 Å². The molecule has 0 aromatic rings. The molecule has 2 aliphatic heterocycles. The Morgan fingerprint density at radius 2 is 0.816 bits per heavy atom. The van der Waals surface area contributed by atoms with Gasteiger partial charge in [0.2, 0.25) is 5.91 Å². The molecule has 2 fully saturated rings. The first-order valence-corrected chi connectivity index (χ1v) is 31.9. The van der Waals surface area contributed by atoms with E-state index >= 15 is 0 Å². The van der Waals surface area contributed by atoms with Crippen LogP contribution >= 0.6 is 0 Å². The van der Waals surface area contributed by atoms with E-state index in [1.165, 1.54) is 218 Å². The zero-order valence-corrected chi connectivity index (χ0v) is 48.5. The van der Waals surface area contributed by atoms with Crippen LogP contribution in [0.3, 0.4) is 0 Å². The number of amides is 1.